The van der Waals surface area contributed by atoms with Crippen LogP contribution in [0.1, 0.15) is 17.0 Å². The van der Waals surface area contributed by atoms with Crippen molar-refractivity contribution in [3.8, 4) is 11.5 Å². The Bertz CT molecular complexity index is 1570. The normalized spacial score (nSPS) is 15.4. The Balaban J connectivity index is 2.16. The first-order chi connectivity index (χ1) is 17.4. The van der Waals surface area contributed by atoms with Crippen molar-refractivity contribution in [2.45, 2.75) is 5.92 Å². The van der Waals surface area contributed by atoms with Crippen LogP contribution < -0.4 is 30.0 Å². The highest BCUT2D eigenvalue weighted by molar-refractivity contribution is 7.07. The number of ether oxygens (including phenoxy) is 4. The highest BCUT2D eigenvalue weighted by Gasteiger charge is 2.40. The van der Waals surface area contributed by atoms with Crippen LogP contribution in [0.3, 0.4) is 0 Å². The number of nitrogens with zero attached hydrogens (tertiary/aromatic N) is 1. The van der Waals surface area contributed by atoms with Crippen LogP contribution in [0.5, 0.6) is 11.5 Å². The second-order valence-corrected chi connectivity index (χ2v) is 8.70. The molecule has 2 heterocycles. The lowest BCUT2D eigenvalue weighted by molar-refractivity contribution is -0.136. The first-order valence-electron chi connectivity index (χ1n) is 10.8. The summed E-state index contributed by atoms with van der Waals surface area (Å²) in [5.74, 6) is -1.66. The van der Waals surface area contributed by atoms with E-state index in [1.54, 1.807) is 42.5 Å². The number of aromatic nitrogens is 1. The number of hydrogen-bond acceptors (Lipinski definition) is 9. The lowest BCUT2D eigenvalue weighted by Crippen LogP contribution is -2.41. The molecule has 0 fully saturated rings. The largest absolute Gasteiger partial charge is 0.496 e. The van der Waals surface area contributed by atoms with E-state index in [-0.39, 0.29) is 26.2 Å². The Hall–Kier alpha value is -4.31. The summed E-state index contributed by atoms with van der Waals surface area (Å²) in [6, 6.07) is 14.1. The molecule has 3 aromatic rings. The molecule has 4 rings (SSSR count). The number of nitrogens with two attached hydrogens (primary N) is 1. The van der Waals surface area contributed by atoms with Crippen LogP contribution in [0.15, 0.2) is 58.9 Å². The van der Waals surface area contributed by atoms with Gasteiger partial charge in [-0.05, 0) is 18.2 Å². The van der Waals surface area contributed by atoms with Gasteiger partial charge in [0.15, 0.2) is 0 Å². The van der Waals surface area contributed by atoms with Gasteiger partial charge in [-0.25, -0.2) is 9.59 Å². The van der Waals surface area contributed by atoms with Gasteiger partial charge in [0.1, 0.15) is 22.0 Å². The fourth-order valence-electron chi connectivity index (χ4n) is 4.21. The third kappa shape index (κ3) is 4.05. The third-order valence-corrected chi connectivity index (χ3v) is 6.94. The second kappa shape index (κ2) is 10.1. The standard InChI is InChI=1S/C26H24N2O7S/c1-32-16-11-7-5-9-14(16)13-18-23(29)28-22(27)20(25(30)34-3)19(15-10-6-8-12-17(15)33-2)21(24(28)36-18)26(31)35-4/h5-13,19H,27H2,1-4H3/b18-13+/t19-/m0/s1. The van der Waals surface area contributed by atoms with Crippen LogP contribution in [-0.2, 0) is 19.1 Å². The van der Waals surface area contributed by atoms with Crippen molar-refractivity contribution in [1.29, 1.82) is 0 Å². The SMILES string of the molecule is COC(=O)C1=C(N)n2c(s/c(=C/c3ccccc3OC)c2=O)=C(C(=O)OC)[C@H]1c1ccccc1OC. The average molecular weight is 509 g/mol. The predicted octanol–water partition coefficient (Wildman–Crippen LogP) is 1.18. The van der Waals surface area contributed by atoms with Crippen molar-refractivity contribution >= 4 is 40.7 Å². The molecule has 10 heteroatoms. The Kier molecular flexibility index (Phi) is 6.98. The Morgan fingerprint density at radius 3 is 2.11 bits per heavy atom. The second-order valence-electron chi connectivity index (χ2n) is 7.67. The van der Waals surface area contributed by atoms with Gasteiger partial charge >= 0.3 is 11.9 Å². The maximum Gasteiger partial charge on any atom is 0.338 e. The molecule has 0 aliphatic carbocycles. The monoisotopic (exact) mass is 508 g/mol. The number of rotatable bonds is 6. The van der Waals surface area contributed by atoms with E-state index in [0.29, 0.717) is 22.6 Å². The zero-order valence-corrected chi connectivity index (χ0v) is 20.9. The van der Waals surface area contributed by atoms with Gasteiger partial charge in [0.25, 0.3) is 5.56 Å². The highest BCUT2D eigenvalue weighted by Crippen LogP contribution is 2.41. The molecule has 0 amide bonds. The van der Waals surface area contributed by atoms with E-state index in [4.69, 9.17) is 24.7 Å². The molecule has 0 saturated heterocycles. The number of hydrogen-bond donors (Lipinski definition) is 1. The molecule has 0 radical (unpaired) electrons. The summed E-state index contributed by atoms with van der Waals surface area (Å²) in [5.41, 5.74) is 7.11. The minimum atomic E-state index is -1.00. The first kappa shape index (κ1) is 24.8. The zero-order valence-electron chi connectivity index (χ0n) is 20.1. The van der Waals surface area contributed by atoms with Crippen molar-refractivity contribution < 1.29 is 28.5 Å². The summed E-state index contributed by atoms with van der Waals surface area (Å²) in [7, 11) is 5.44. The fraction of sp³-hybridized carbons (Fsp3) is 0.192. The molecule has 186 valence electrons. The average Bonchev–Trinajstić information content (AvgIpc) is 3.23. The quantitative estimate of drug-likeness (QED) is 0.493. The van der Waals surface area contributed by atoms with Crippen LogP contribution >= 0.6 is 11.3 Å². The molecular weight excluding hydrogens is 484 g/mol. The first-order valence-corrected chi connectivity index (χ1v) is 11.6. The van der Waals surface area contributed by atoms with Crippen molar-refractivity contribution in [2.24, 2.45) is 5.73 Å². The summed E-state index contributed by atoms with van der Waals surface area (Å²) < 4.78 is 22.7. The zero-order chi connectivity index (χ0) is 26.0. The number of carbonyl (C=O) groups is 2. The Morgan fingerprint density at radius 1 is 0.889 bits per heavy atom. The topological polar surface area (TPSA) is 119 Å². The molecular formula is C26H24N2O7S. The lowest BCUT2D eigenvalue weighted by Gasteiger charge is -2.27. The molecule has 0 saturated carbocycles. The van der Waals surface area contributed by atoms with E-state index in [9.17, 15) is 14.4 Å². The Labute approximate surface area is 210 Å². The van der Waals surface area contributed by atoms with E-state index in [1.165, 1.54) is 28.4 Å². The third-order valence-electron chi connectivity index (χ3n) is 5.83. The van der Waals surface area contributed by atoms with Crippen LogP contribution in [0.2, 0.25) is 0 Å². The van der Waals surface area contributed by atoms with Gasteiger partial charge in [-0.2, -0.15) is 0 Å². The number of esters is 2. The van der Waals surface area contributed by atoms with Crippen LogP contribution in [0.4, 0.5) is 0 Å². The van der Waals surface area contributed by atoms with E-state index < -0.39 is 23.4 Å². The van der Waals surface area contributed by atoms with Crippen molar-refractivity contribution in [1.82, 2.24) is 4.57 Å². The number of thiazole rings is 1. The lowest BCUT2D eigenvalue weighted by atomic mass is 9.82. The molecule has 0 spiro atoms. The summed E-state index contributed by atoms with van der Waals surface area (Å²) in [4.78, 5) is 39.8. The number of fused-ring (bicyclic) bond motifs is 1. The van der Waals surface area contributed by atoms with E-state index in [2.05, 4.69) is 0 Å². The molecule has 2 aromatic carbocycles. The van der Waals surface area contributed by atoms with E-state index >= 15 is 0 Å². The fourth-order valence-corrected chi connectivity index (χ4v) is 5.36. The smallest absolute Gasteiger partial charge is 0.338 e. The van der Waals surface area contributed by atoms with Crippen LogP contribution in [0, 0.1) is 0 Å². The minimum Gasteiger partial charge on any atom is -0.496 e. The van der Waals surface area contributed by atoms with Crippen molar-refractivity contribution in [3.63, 3.8) is 0 Å². The number of methoxy groups -OCH3 is 4. The van der Waals surface area contributed by atoms with Crippen LogP contribution in [0.25, 0.3) is 17.5 Å². The van der Waals surface area contributed by atoms with Gasteiger partial charge in [-0.1, -0.05) is 36.4 Å². The van der Waals surface area contributed by atoms with Crippen molar-refractivity contribution in [2.75, 3.05) is 28.4 Å². The van der Waals surface area contributed by atoms with Gasteiger partial charge < -0.3 is 24.7 Å². The van der Waals surface area contributed by atoms with E-state index in [1.807, 2.05) is 12.1 Å². The molecule has 0 unspecified atom stereocenters. The molecule has 1 aromatic heterocycles. The van der Waals surface area contributed by atoms with Gasteiger partial charge in [0, 0.05) is 11.1 Å². The Morgan fingerprint density at radius 2 is 1.47 bits per heavy atom. The summed E-state index contributed by atoms with van der Waals surface area (Å²) in [6.07, 6.45) is 1.65. The molecule has 36 heavy (non-hydrogen) atoms. The summed E-state index contributed by atoms with van der Waals surface area (Å²) >= 11 is 1.06. The van der Waals surface area contributed by atoms with Crippen molar-refractivity contribution in [3.05, 3.63) is 84.8 Å². The molecule has 1 aliphatic rings. The molecule has 0 bridgehead atoms. The van der Waals surface area contributed by atoms with Gasteiger partial charge in [-0.3, -0.25) is 9.36 Å². The van der Waals surface area contributed by atoms with Gasteiger partial charge in [-0.15, -0.1) is 11.3 Å². The summed E-state index contributed by atoms with van der Waals surface area (Å²) in [5, 5.41) is 0. The highest BCUT2D eigenvalue weighted by atomic mass is 32.1. The number of carbonyl (C=O) groups excluding carboxylic acids is 2. The summed E-state index contributed by atoms with van der Waals surface area (Å²) in [6.45, 7) is 0. The van der Waals surface area contributed by atoms with Gasteiger partial charge in [0.05, 0.1) is 50.0 Å². The number of benzene rings is 2. The molecule has 1 aliphatic heterocycles. The maximum absolute atomic E-state index is 13.6. The number of para-hydroxylation sites is 2. The molecule has 1 atom stereocenters. The molecule has 2 N–H and O–H groups in total. The van der Waals surface area contributed by atoms with Crippen LogP contribution in [-0.4, -0.2) is 44.9 Å². The van der Waals surface area contributed by atoms with E-state index in [0.717, 1.165) is 15.9 Å². The van der Waals surface area contributed by atoms with Gasteiger partial charge in [0.2, 0.25) is 0 Å². The maximum atomic E-state index is 13.6. The molecule has 9 nitrogen and oxygen atoms in total. The minimum absolute atomic E-state index is 0.0679. The predicted molar refractivity (Wildman–Crippen MR) is 135 cm³/mol.